The van der Waals surface area contributed by atoms with E-state index in [1.54, 1.807) is 0 Å². The van der Waals surface area contributed by atoms with Crippen molar-refractivity contribution in [1.29, 1.82) is 0 Å². The van der Waals surface area contributed by atoms with Gasteiger partial charge in [0, 0.05) is 27.5 Å². The summed E-state index contributed by atoms with van der Waals surface area (Å²) < 4.78 is 87.2. The third-order valence-corrected chi connectivity index (χ3v) is 1.58. The second kappa shape index (κ2) is 4.96. The van der Waals surface area contributed by atoms with Gasteiger partial charge < -0.3 is 9.52 Å². The number of Topliss-reactive ketones (excluding diaryl/α,β-unsaturated/α-hetero) is 1. The van der Waals surface area contributed by atoms with Gasteiger partial charge in [-0.25, -0.2) is 4.79 Å². The molecule has 0 spiro atoms. The second-order valence-electron chi connectivity index (χ2n) is 2.86. The first kappa shape index (κ1) is 4.02. The summed E-state index contributed by atoms with van der Waals surface area (Å²) in [6, 6.07) is 0.766. The predicted octanol–water partition coefficient (Wildman–Crippen LogP) is 2.27. The second-order valence-corrected chi connectivity index (χ2v) is 2.86. The van der Waals surface area contributed by atoms with Gasteiger partial charge in [-0.05, 0) is 19.2 Å². The van der Waals surface area contributed by atoms with Gasteiger partial charge >= 0.3 is 5.63 Å². The molecule has 1 aromatic rings. The molecule has 0 radical (unpaired) electrons. The van der Waals surface area contributed by atoms with E-state index in [4.69, 9.17) is 15.1 Å². The predicted molar refractivity (Wildman–Crippen MR) is 59.8 cm³/mol. The first-order chi connectivity index (χ1) is 11.7. The Morgan fingerprint density at radius 3 is 3.00 bits per heavy atom. The Balaban J connectivity index is 3.75. The van der Waals surface area contributed by atoms with Gasteiger partial charge in [-0.15, -0.1) is 0 Å². The molecular weight excluding hydrogens is 208 g/mol. The van der Waals surface area contributed by atoms with Crippen LogP contribution in [0.2, 0.25) is 0 Å². The van der Waals surface area contributed by atoms with Gasteiger partial charge in [0.25, 0.3) is 0 Å². The highest BCUT2D eigenvalue weighted by Crippen LogP contribution is 2.17. The van der Waals surface area contributed by atoms with Gasteiger partial charge in [0.05, 0.1) is 0 Å². The van der Waals surface area contributed by atoms with Crippen LogP contribution in [0, 0.1) is 12.8 Å². The Morgan fingerprint density at radius 1 is 1.75 bits per heavy atom. The maximum atomic E-state index is 12.5. The lowest BCUT2D eigenvalue weighted by molar-refractivity contribution is 0.0968. The zero-order valence-corrected chi connectivity index (χ0v) is 8.25. The number of aromatic hydroxyl groups is 1. The summed E-state index contributed by atoms with van der Waals surface area (Å²) in [5.74, 6) is -7.35. The maximum Gasteiger partial charge on any atom is 0.350 e. The average Bonchev–Trinajstić information content (AvgIpc) is 2.42. The first-order valence-corrected chi connectivity index (χ1v) is 4.12. The van der Waals surface area contributed by atoms with Crippen LogP contribution in [0.25, 0.3) is 0 Å². The van der Waals surface area contributed by atoms with Crippen LogP contribution in [0.15, 0.2) is 15.3 Å². The van der Waals surface area contributed by atoms with Gasteiger partial charge in [-0.1, -0.05) is 13.7 Å². The number of carbonyl (C=O) groups excluding carboxylic acids is 1. The lowest BCUT2D eigenvalue weighted by Crippen LogP contribution is -2.15. The van der Waals surface area contributed by atoms with E-state index in [9.17, 15) is 14.7 Å². The minimum Gasteiger partial charge on any atom is -0.507 e. The molecule has 16 heavy (non-hydrogen) atoms. The van der Waals surface area contributed by atoms with Crippen LogP contribution in [0.3, 0.4) is 0 Å². The average molecular weight is 235 g/mol. The highest BCUT2D eigenvalue weighted by atomic mass is 16.4. The van der Waals surface area contributed by atoms with Gasteiger partial charge in [0.1, 0.15) is 17.1 Å². The molecule has 0 unspecified atom stereocenters. The molecule has 0 bridgehead atoms. The molecule has 1 N–H and O–H groups in total. The van der Waals surface area contributed by atoms with Gasteiger partial charge in [-0.2, -0.15) is 0 Å². The molecule has 0 fully saturated rings. The topological polar surface area (TPSA) is 67.5 Å². The molecule has 1 heterocycles. The summed E-state index contributed by atoms with van der Waals surface area (Å²) in [7, 11) is 0. The fraction of sp³-hybridized carbons (Fsp3) is 0.500. The van der Waals surface area contributed by atoms with Crippen molar-refractivity contribution in [2.24, 2.45) is 5.89 Å². The quantitative estimate of drug-likeness (QED) is 0.813. The monoisotopic (exact) mass is 235 g/mol. The summed E-state index contributed by atoms with van der Waals surface area (Å²) >= 11 is 0. The SMILES string of the molecule is [2H]C([2H])([2H])C([2H])(C([2H])([2H])[2H])C([2H])([2H])C([2H])([2H])C(=O)c1c(O)cc(C)oc1=O. The normalized spacial score (nSPS) is 24.9. The van der Waals surface area contributed by atoms with Crippen LogP contribution in [0.1, 0.15) is 57.6 Å². The Labute approximate surface area is 109 Å². The van der Waals surface area contributed by atoms with Crippen molar-refractivity contribution < 1.29 is 29.4 Å². The summed E-state index contributed by atoms with van der Waals surface area (Å²) in [6.07, 6.45) is -8.14. The molecule has 0 aromatic carbocycles. The van der Waals surface area contributed by atoms with Crippen molar-refractivity contribution in [3.63, 3.8) is 0 Å². The molecule has 1 rings (SSSR count). The van der Waals surface area contributed by atoms with E-state index in [0.717, 1.165) is 6.07 Å². The smallest absolute Gasteiger partial charge is 0.350 e. The van der Waals surface area contributed by atoms with Crippen LogP contribution in [-0.2, 0) is 0 Å². The Morgan fingerprint density at radius 2 is 2.44 bits per heavy atom. The largest absolute Gasteiger partial charge is 0.507 e. The van der Waals surface area contributed by atoms with E-state index in [1.807, 2.05) is 0 Å². The van der Waals surface area contributed by atoms with E-state index < -0.39 is 55.1 Å². The van der Waals surface area contributed by atoms with Crippen LogP contribution in [0.5, 0.6) is 5.75 Å². The fourth-order valence-corrected chi connectivity index (χ4v) is 0.987. The minimum absolute atomic E-state index is 0.155. The number of hydrogen-bond donors (Lipinski definition) is 1. The summed E-state index contributed by atoms with van der Waals surface area (Å²) in [6.45, 7) is -6.54. The van der Waals surface area contributed by atoms with Gasteiger partial charge in [0.2, 0.25) is 0 Å². The molecule has 4 heteroatoms. The summed E-state index contributed by atoms with van der Waals surface area (Å²) in [5, 5.41) is 9.76. The number of rotatable bonds is 4. The third-order valence-electron chi connectivity index (χ3n) is 1.58. The van der Waals surface area contributed by atoms with E-state index in [2.05, 4.69) is 4.42 Å². The van der Waals surface area contributed by atoms with Crippen molar-refractivity contribution in [3.05, 3.63) is 27.8 Å². The summed E-state index contributed by atoms with van der Waals surface area (Å²) in [5.41, 5.74) is -2.86. The molecule has 0 aliphatic heterocycles. The van der Waals surface area contributed by atoms with Crippen molar-refractivity contribution in [2.45, 2.75) is 33.4 Å². The lowest BCUT2D eigenvalue weighted by atomic mass is 10.0. The van der Waals surface area contributed by atoms with E-state index in [0.29, 0.717) is 0 Å². The maximum absolute atomic E-state index is 12.5. The number of hydrogen-bond acceptors (Lipinski definition) is 4. The van der Waals surface area contributed by atoms with Crippen molar-refractivity contribution in [1.82, 2.24) is 0 Å². The highest BCUT2D eigenvalue weighted by molar-refractivity contribution is 5.97. The van der Waals surface area contributed by atoms with Crippen LogP contribution in [0.4, 0.5) is 0 Å². The highest BCUT2D eigenvalue weighted by Gasteiger charge is 2.17. The molecule has 1 aromatic heterocycles. The molecule has 0 amide bonds. The zero-order valence-electron chi connectivity index (χ0n) is 19.2. The van der Waals surface area contributed by atoms with Crippen LogP contribution in [-0.4, -0.2) is 10.9 Å². The first-order valence-electron chi connectivity index (χ1n) is 9.62. The fourth-order valence-electron chi connectivity index (χ4n) is 0.987. The number of ketones is 1. The molecular formula is C12H16O4. The van der Waals surface area contributed by atoms with Crippen molar-refractivity contribution >= 4 is 5.78 Å². The Bertz CT molecular complexity index is 789. The molecule has 0 saturated heterocycles. The van der Waals surface area contributed by atoms with Gasteiger partial charge in [0.15, 0.2) is 5.78 Å². The van der Waals surface area contributed by atoms with E-state index >= 15 is 0 Å². The number of carbonyl (C=O) groups is 1. The van der Waals surface area contributed by atoms with E-state index in [-0.39, 0.29) is 5.76 Å². The molecule has 0 atom stereocenters. The van der Waals surface area contributed by atoms with Crippen molar-refractivity contribution in [3.8, 4) is 5.75 Å². The molecule has 4 nitrogen and oxygen atoms in total. The number of aryl methyl sites for hydroxylation is 1. The minimum atomic E-state index is -4.14. The van der Waals surface area contributed by atoms with E-state index in [1.165, 1.54) is 6.92 Å². The Kier molecular flexibility index (Phi) is 1.25. The molecule has 0 aliphatic carbocycles. The standard InChI is InChI=1S/C12H16O4/c1-7(2)4-5-9(13)11-10(14)6-8(3)16-12(11)15/h6-7,14H,4-5H2,1-3H3/i1D3,2D3,4D2,5D2,7D. The molecule has 88 valence electrons. The van der Waals surface area contributed by atoms with Crippen LogP contribution >= 0.6 is 0 Å². The Hall–Kier alpha value is -1.58. The molecule has 0 saturated carbocycles. The van der Waals surface area contributed by atoms with Gasteiger partial charge in [-0.3, -0.25) is 4.79 Å². The molecule has 0 aliphatic rings. The zero-order chi connectivity index (χ0) is 21.8. The summed E-state index contributed by atoms with van der Waals surface area (Å²) in [4.78, 5) is 24.3. The third kappa shape index (κ3) is 2.95. The lowest BCUT2D eigenvalue weighted by Gasteiger charge is -2.04. The van der Waals surface area contributed by atoms with Crippen LogP contribution < -0.4 is 5.63 Å². The van der Waals surface area contributed by atoms with Crippen molar-refractivity contribution in [2.75, 3.05) is 0 Å².